The Balaban J connectivity index is 1.51. The zero-order valence-corrected chi connectivity index (χ0v) is 15.9. The van der Waals surface area contributed by atoms with E-state index in [1.165, 1.54) is 29.6 Å². The summed E-state index contributed by atoms with van der Waals surface area (Å²) in [4.78, 5) is 27.9. The normalized spacial score (nSPS) is 24.5. The largest absolute Gasteiger partial charge is 0.465 e. The molecule has 2 bridgehead atoms. The number of methoxy groups -OCH3 is 1. The monoisotopic (exact) mass is 369 g/mol. The number of rotatable bonds is 3. The first-order valence-electron chi connectivity index (χ1n) is 9.14. The first-order valence-corrected chi connectivity index (χ1v) is 9.96. The number of hydrogen-bond acceptors (Lipinski definition) is 4. The smallest absolute Gasteiger partial charge is 0.348 e. The molecule has 2 saturated heterocycles. The molecule has 3 heterocycles. The molecule has 136 valence electrons. The topological polar surface area (TPSA) is 46.6 Å². The quantitative estimate of drug-likeness (QED) is 0.754. The molecule has 2 fully saturated rings. The van der Waals surface area contributed by atoms with Gasteiger partial charge in [-0.25, -0.2) is 4.79 Å². The van der Waals surface area contributed by atoms with E-state index in [0.717, 1.165) is 25.7 Å². The molecule has 5 heteroatoms. The first kappa shape index (κ1) is 17.3. The van der Waals surface area contributed by atoms with Crippen molar-refractivity contribution >= 4 is 23.2 Å². The number of ether oxygens (including phenoxy) is 1. The number of piperidine rings is 1. The van der Waals surface area contributed by atoms with Crippen molar-refractivity contribution in [3.8, 4) is 0 Å². The van der Waals surface area contributed by atoms with Gasteiger partial charge in [-0.1, -0.05) is 29.8 Å². The summed E-state index contributed by atoms with van der Waals surface area (Å²) in [5, 5.41) is 0. The highest BCUT2D eigenvalue weighted by molar-refractivity contribution is 7.15. The van der Waals surface area contributed by atoms with Crippen LogP contribution in [0.15, 0.2) is 36.4 Å². The van der Waals surface area contributed by atoms with E-state index >= 15 is 0 Å². The molecule has 1 amide bonds. The number of benzene rings is 1. The van der Waals surface area contributed by atoms with Crippen LogP contribution in [0.4, 0.5) is 0 Å². The summed E-state index contributed by atoms with van der Waals surface area (Å²) in [6, 6.07) is 12.9. The number of esters is 1. The van der Waals surface area contributed by atoms with Crippen molar-refractivity contribution in [1.29, 1.82) is 0 Å². The Bertz CT molecular complexity index is 812. The predicted molar refractivity (Wildman–Crippen MR) is 102 cm³/mol. The summed E-state index contributed by atoms with van der Waals surface area (Å²) in [5.74, 6) is 0.223. The maximum Gasteiger partial charge on any atom is 0.348 e. The predicted octanol–water partition coefficient (Wildman–Crippen LogP) is 4.39. The molecule has 2 atom stereocenters. The van der Waals surface area contributed by atoms with Gasteiger partial charge in [-0.15, -0.1) is 11.3 Å². The van der Waals surface area contributed by atoms with Gasteiger partial charge in [0.1, 0.15) is 4.88 Å². The van der Waals surface area contributed by atoms with Crippen molar-refractivity contribution < 1.29 is 14.3 Å². The number of fused-ring (bicyclic) bond motifs is 2. The van der Waals surface area contributed by atoms with Gasteiger partial charge in [-0.3, -0.25) is 4.79 Å². The molecule has 1 aromatic heterocycles. The van der Waals surface area contributed by atoms with E-state index in [9.17, 15) is 9.59 Å². The minimum Gasteiger partial charge on any atom is -0.465 e. The van der Waals surface area contributed by atoms with Gasteiger partial charge in [0, 0.05) is 12.1 Å². The van der Waals surface area contributed by atoms with Crippen molar-refractivity contribution in [1.82, 2.24) is 4.90 Å². The van der Waals surface area contributed by atoms with Crippen LogP contribution in [0.2, 0.25) is 0 Å². The van der Waals surface area contributed by atoms with Crippen molar-refractivity contribution in [2.24, 2.45) is 0 Å². The average molecular weight is 369 g/mol. The van der Waals surface area contributed by atoms with Crippen LogP contribution < -0.4 is 0 Å². The summed E-state index contributed by atoms with van der Waals surface area (Å²) in [6.07, 6.45) is 4.21. The number of hydrogen-bond donors (Lipinski definition) is 0. The summed E-state index contributed by atoms with van der Waals surface area (Å²) in [6.45, 7) is 2.11. The fraction of sp³-hybridized carbons (Fsp3) is 0.429. The highest BCUT2D eigenvalue weighted by atomic mass is 32.1. The minimum atomic E-state index is -0.380. The molecule has 0 aliphatic carbocycles. The molecule has 2 aliphatic heterocycles. The molecule has 0 saturated carbocycles. The second-order valence-corrected chi connectivity index (χ2v) is 8.42. The number of aryl methyl sites for hydroxylation is 1. The van der Waals surface area contributed by atoms with E-state index in [-0.39, 0.29) is 11.9 Å². The van der Waals surface area contributed by atoms with Crippen LogP contribution in [0.3, 0.4) is 0 Å². The van der Waals surface area contributed by atoms with Gasteiger partial charge in [-0.2, -0.15) is 0 Å². The summed E-state index contributed by atoms with van der Waals surface area (Å²) in [7, 11) is 1.36. The summed E-state index contributed by atoms with van der Waals surface area (Å²) >= 11 is 1.23. The van der Waals surface area contributed by atoms with E-state index < -0.39 is 0 Å². The molecule has 0 spiro atoms. The number of carbonyl (C=O) groups excluding carboxylic acids is 2. The Morgan fingerprint density at radius 2 is 1.62 bits per heavy atom. The lowest BCUT2D eigenvalue weighted by molar-refractivity contribution is 0.0575. The molecule has 26 heavy (non-hydrogen) atoms. The molecule has 0 N–H and O–H groups in total. The molecule has 4 rings (SSSR count). The molecule has 4 nitrogen and oxygen atoms in total. The summed E-state index contributed by atoms with van der Waals surface area (Å²) < 4.78 is 4.75. The Morgan fingerprint density at radius 3 is 2.23 bits per heavy atom. The number of amides is 1. The molecular weight excluding hydrogens is 346 g/mol. The van der Waals surface area contributed by atoms with Gasteiger partial charge in [0.25, 0.3) is 5.91 Å². The first-order chi connectivity index (χ1) is 12.6. The second kappa shape index (κ2) is 6.88. The Morgan fingerprint density at radius 1 is 1.00 bits per heavy atom. The van der Waals surface area contributed by atoms with Crippen molar-refractivity contribution in [2.45, 2.75) is 50.6 Å². The maximum absolute atomic E-state index is 13.1. The SMILES string of the molecule is COC(=O)c1ccc(C(=O)N2C3CCC2CC(c2ccc(C)cc2)C3)s1. The standard InChI is InChI=1S/C21H23NO3S/c1-13-3-5-14(6-4-13)15-11-16-7-8-17(12-15)22(16)20(23)18-9-10-19(26-18)21(24)25-2/h3-6,9-10,15-17H,7-8,11-12H2,1-2H3. The van der Waals surface area contributed by atoms with Gasteiger partial charge >= 0.3 is 5.97 Å². The number of nitrogens with zero attached hydrogens (tertiary/aromatic N) is 1. The Labute approximate surface area is 157 Å². The van der Waals surface area contributed by atoms with Crippen molar-refractivity contribution in [3.05, 3.63) is 57.3 Å². The molecule has 1 aromatic carbocycles. The van der Waals surface area contributed by atoms with Gasteiger partial charge in [0.15, 0.2) is 0 Å². The van der Waals surface area contributed by atoms with E-state index in [1.807, 2.05) is 0 Å². The highest BCUT2D eigenvalue weighted by Crippen LogP contribution is 2.44. The van der Waals surface area contributed by atoms with E-state index in [2.05, 4.69) is 36.1 Å². The van der Waals surface area contributed by atoms with Crippen LogP contribution >= 0.6 is 11.3 Å². The maximum atomic E-state index is 13.1. The van der Waals surface area contributed by atoms with E-state index in [1.54, 1.807) is 12.1 Å². The lowest BCUT2D eigenvalue weighted by atomic mass is 9.84. The van der Waals surface area contributed by atoms with Crippen LogP contribution in [-0.2, 0) is 4.74 Å². The fourth-order valence-electron chi connectivity index (χ4n) is 4.41. The third-order valence-corrected chi connectivity index (χ3v) is 6.77. The van der Waals surface area contributed by atoms with Crippen LogP contribution in [0.1, 0.15) is 62.1 Å². The zero-order chi connectivity index (χ0) is 18.3. The van der Waals surface area contributed by atoms with Gasteiger partial charge in [-0.05, 0) is 56.2 Å². The Kier molecular flexibility index (Phi) is 4.57. The third kappa shape index (κ3) is 3.05. The minimum absolute atomic E-state index is 0.0695. The van der Waals surface area contributed by atoms with E-state index in [0.29, 0.717) is 27.8 Å². The van der Waals surface area contributed by atoms with Gasteiger partial charge in [0.2, 0.25) is 0 Å². The molecule has 2 aromatic rings. The van der Waals surface area contributed by atoms with Crippen LogP contribution in [-0.4, -0.2) is 36.0 Å². The van der Waals surface area contributed by atoms with Crippen LogP contribution in [0, 0.1) is 6.92 Å². The second-order valence-electron chi connectivity index (χ2n) is 7.33. The highest BCUT2D eigenvalue weighted by Gasteiger charge is 2.44. The van der Waals surface area contributed by atoms with Crippen LogP contribution in [0.25, 0.3) is 0 Å². The Hall–Kier alpha value is -2.14. The van der Waals surface area contributed by atoms with Crippen molar-refractivity contribution in [2.75, 3.05) is 7.11 Å². The fourth-order valence-corrected chi connectivity index (χ4v) is 5.28. The molecule has 2 unspecified atom stereocenters. The molecule has 2 aliphatic rings. The summed E-state index contributed by atoms with van der Waals surface area (Å²) in [5.41, 5.74) is 2.67. The molecular formula is C21H23NO3S. The van der Waals surface area contributed by atoms with Gasteiger partial charge < -0.3 is 9.64 Å². The number of thiophene rings is 1. The van der Waals surface area contributed by atoms with Crippen LogP contribution in [0.5, 0.6) is 0 Å². The molecule has 0 radical (unpaired) electrons. The lowest BCUT2D eigenvalue weighted by Crippen LogP contribution is -2.45. The van der Waals surface area contributed by atoms with Crippen molar-refractivity contribution in [3.63, 3.8) is 0 Å². The average Bonchev–Trinajstić information content (AvgIpc) is 3.24. The zero-order valence-electron chi connectivity index (χ0n) is 15.1. The van der Waals surface area contributed by atoms with E-state index in [4.69, 9.17) is 4.74 Å². The number of carbonyl (C=O) groups is 2. The third-order valence-electron chi connectivity index (χ3n) is 5.72. The lowest BCUT2D eigenvalue weighted by Gasteiger charge is -2.39. The van der Waals surface area contributed by atoms with Gasteiger partial charge in [0.05, 0.1) is 12.0 Å².